The highest BCUT2D eigenvalue weighted by molar-refractivity contribution is 7.19. The van der Waals surface area contributed by atoms with Gasteiger partial charge in [-0.05, 0) is 120 Å². The standard InChI is InChI=1S/C62H45N3Si/c1-42-29-33-59-53(37-42)54-38-43(2)30-34-60(54)65(59)46-32-36-62-56(41-46)55-40-45(64-57-27-14-12-25-51(57)52-26-13-15-28-58(52)64)31-35-61(55)63(62)44-17-16-24-50(39-44)66(47-18-6-3-7-19-47,48-20-8-4-9-21-48)49-22-10-5-11-23-49/h3-41H,1-2H3. The lowest BCUT2D eigenvalue weighted by molar-refractivity contribution is 1.16. The van der Waals surface area contributed by atoms with Crippen molar-refractivity contribution < 1.29 is 0 Å². The van der Waals surface area contributed by atoms with Crippen LogP contribution < -0.4 is 20.7 Å². The summed E-state index contributed by atoms with van der Waals surface area (Å²) in [6.45, 7) is 4.38. The van der Waals surface area contributed by atoms with Crippen molar-refractivity contribution >= 4 is 94.2 Å². The Labute approximate surface area is 384 Å². The van der Waals surface area contributed by atoms with Gasteiger partial charge in [0.25, 0.3) is 0 Å². The zero-order valence-corrected chi connectivity index (χ0v) is 37.9. The Morgan fingerprint density at radius 3 is 1.02 bits per heavy atom. The van der Waals surface area contributed by atoms with Crippen LogP contribution in [0.15, 0.2) is 237 Å². The van der Waals surface area contributed by atoms with Crippen molar-refractivity contribution in [3.8, 4) is 17.1 Å². The molecule has 0 aliphatic heterocycles. The minimum atomic E-state index is -2.80. The quantitative estimate of drug-likeness (QED) is 0.112. The van der Waals surface area contributed by atoms with Crippen LogP contribution in [0.1, 0.15) is 11.1 Å². The van der Waals surface area contributed by atoms with E-state index in [9.17, 15) is 0 Å². The number of aromatic nitrogens is 3. The van der Waals surface area contributed by atoms with Crippen molar-refractivity contribution in [3.05, 3.63) is 248 Å². The number of fused-ring (bicyclic) bond motifs is 9. The van der Waals surface area contributed by atoms with Crippen LogP contribution in [-0.4, -0.2) is 21.8 Å². The van der Waals surface area contributed by atoms with Gasteiger partial charge in [0.15, 0.2) is 8.07 Å². The van der Waals surface area contributed by atoms with E-state index < -0.39 is 8.07 Å². The fourth-order valence-corrected chi connectivity index (χ4v) is 16.0. The second-order valence-electron chi connectivity index (χ2n) is 17.9. The summed E-state index contributed by atoms with van der Waals surface area (Å²) in [6, 6.07) is 88.6. The van der Waals surface area contributed by atoms with E-state index in [-0.39, 0.29) is 0 Å². The lowest BCUT2D eigenvalue weighted by Crippen LogP contribution is -2.74. The molecule has 0 atom stereocenters. The van der Waals surface area contributed by atoms with E-state index in [0.29, 0.717) is 0 Å². The van der Waals surface area contributed by atoms with E-state index in [0.717, 1.165) is 17.1 Å². The summed E-state index contributed by atoms with van der Waals surface area (Å²) >= 11 is 0. The van der Waals surface area contributed by atoms with Gasteiger partial charge in [-0.3, -0.25) is 0 Å². The molecular weight excluding hydrogens is 815 g/mol. The number of rotatable bonds is 7. The van der Waals surface area contributed by atoms with Gasteiger partial charge in [-0.1, -0.05) is 163 Å². The third-order valence-corrected chi connectivity index (χ3v) is 18.8. The molecule has 13 rings (SSSR count). The second kappa shape index (κ2) is 14.9. The molecule has 3 nitrogen and oxygen atoms in total. The predicted octanol–water partition coefficient (Wildman–Crippen LogP) is 13.0. The van der Waals surface area contributed by atoms with Crippen LogP contribution >= 0.6 is 0 Å². The Morgan fingerprint density at radius 2 is 0.576 bits per heavy atom. The zero-order chi connectivity index (χ0) is 43.9. The summed E-state index contributed by atoms with van der Waals surface area (Å²) in [6.07, 6.45) is 0. The fraction of sp³-hybridized carbons (Fsp3) is 0.0323. The first kappa shape index (κ1) is 38.3. The monoisotopic (exact) mass is 859 g/mol. The van der Waals surface area contributed by atoms with E-state index in [1.807, 2.05) is 0 Å². The SMILES string of the molecule is Cc1ccc2c(c1)c1cc(C)ccc1n2-c1ccc2c(c1)c1cc(-n3c4ccccc4c4ccccc43)ccc1n2-c1cccc([Si](c2ccccc2)(c2ccccc2)c2ccccc2)c1. The molecule has 10 aromatic carbocycles. The fourth-order valence-electron chi connectivity index (χ4n) is 11.2. The molecule has 0 amide bonds. The lowest BCUT2D eigenvalue weighted by Gasteiger charge is -2.34. The largest absolute Gasteiger partial charge is 0.309 e. The zero-order valence-electron chi connectivity index (χ0n) is 36.9. The van der Waals surface area contributed by atoms with Crippen LogP contribution in [0, 0.1) is 13.8 Å². The molecule has 0 saturated heterocycles. The summed E-state index contributed by atoms with van der Waals surface area (Å²) in [5.41, 5.74) is 13.1. The van der Waals surface area contributed by atoms with Gasteiger partial charge in [0.2, 0.25) is 0 Å². The smallest absolute Gasteiger partial charge is 0.179 e. The molecule has 0 radical (unpaired) electrons. The van der Waals surface area contributed by atoms with Crippen molar-refractivity contribution in [2.24, 2.45) is 0 Å². The molecule has 13 aromatic rings. The summed E-state index contributed by atoms with van der Waals surface area (Å²) in [5, 5.41) is 12.9. The van der Waals surface area contributed by atoms with E-state index >= 15 is 0 Å². The molecule has 0 aliphatic rings. The Kier molecular flexibility index (Phi) is 8.67. The summed E-state index contributed by atoms with van der Waals surface area (Å²) < 4.78 is 7.41. The topological polar surface area (TPSA) is 14.8 Å². The number of para-hydroxylation sites is 2. The summed E-state index contributed by atoms with van der Waals surface area (Å²) in [7, 11) is -2.80. The van der Waals surface area contributed by atoms with Gasteiger partial charge >= 0.3 is 0 Å². The molecule has 0 bridgehead atoms. The first-order valence-electron chi connectivity index (χ1n) is 22.9. The van der Waals surface area contributed by atoms with Gasteiger partial charge in [0.05, 0.1) is 33.1 Å². The molecule has 3 heterocycles. The van der Waals surface area contributed by atoms with E-state index in [1.54, 1.807) is 0 Å². The third kappa shape index (κ3) is 5.68. The second-order valence-corrected chi connectivity index (χ2v) is 21.7. The maximum absolute atomic E-state index is 2.80. The maximum Gasteiger partial charge on any atom is 0.179 e. The van der Waals surface area contributed by atoms with Gasteiger partial charge in [-0.25, -0.2) is 0 Å². The van der Waals surface area contributed by atoms with Gasteiger partial charge in [-0.15, -0.1) is 0 Å². The Bertz CT molecular complexity index is 3800. The van der Waals surface area contributed by atoms with Gasteiger partial charge < -0.3 is 13.7 Å². The number of nitrogens with zero attached hydrogens (tertiary/aromatic N) is 3. The van der Waals surface area contributed by atoms with Crippen LogP contribution in [0.2, 0.25) is 0 Å². The van der Waals surface area contributed by atoms with Crippen LogP contribution in [0.25, 0.3) is 82.5 Å². The molecule has 0 saturated carbocycles. The lowest BCUT2D eigenvalue weighted by atomic mass is 10.1. The molecule has 312 valence electrons. The van der Waals surface area contributed by atoms with Gasteiger partial charge in [0, 0.05) is 49.4 Å². The minimum Gasteiger partial charge on any atom is -0.309 e. The molecular formula is C62H45N3Si. The average Bonchev–Trinajstić information content (AvgIpc) is 4.00. The Morgan fingerprint density at radius 1 is 0.242 bits per heavy atom. The minimum absolute atomic E-state index is 1.14. The number of hydrogen-bond donors (Lipinski definition) is 0. The van der Waals surface area contributed by atoms with Crippen molar-refractivity contribution in [3.63, 3.8) is 0 Å². The molecule has 0 N–H and O–H groups in total. The number of aryl methyl sites for hydroxylation is 2. The van der Waals surface area contributed by atoms with Crippen molar-refractivity contribution in [2.45, 2.75) is 13.8 Å². The predicted molar refractivity (Wildman–Crippen MR) is 283 cm³/mol. The molecule has 0 spiro atoms. The van der Waals surface area contributed by atoms with Crippen LogP contribution in [-0.2, 0) is 0 Å². The molecule has 0 unspecified atom stereocenters. The summed E-state index contributed by atoms with van der Waals surface area (Å²) in [5.74, 6) is 0. The van der Waals surface area contributed by atoms with Crippen molar-refractivity contribution in [1.29, 1.82) is 0 Å². The maximum atomic E-state index is 2.51. The first-order valence-corrected chi connectivity index (χ1v) is 24.9. The molecule has 0 aliphatic carbocycles. The number of benzene rings is 10. The number of hydrogen-bond acceptors (Lipinski definition) is 0. The normalized spacial score (nSPS) is 12.1. The van der Waals surface area contributed by atoms with Gasteiger partial charge in [-0.2, -0.15) is 0 Å². The Balaban J connectivity index is 1.11. The molecule has 66 heavy (non-hydrogen) atoms. The highest BCUT2D eigenvalue weighted by atomic mass is 28.3. The van der Waals surface area contributed by atoms with Crippen LogP contribution in [0.4, 0.5) is 0 Å². The first-order chi connectivity index (χ1) is 32.6. The van der Waals surface area contributed by atoms with Crippen molar-refractivity contribution in [2.75, 3.05) is 0 Å². The van der Waals surface area contributed by atoms with E-state index in [2.05, 4.69) is 264 Å². The van der Waals surface area contributed by atoms with Crippen molar-refractivity contribution in [1.82, 2.24) is 13.7 Å². The third-order valence-electron chi connectivity index (χ3n) is 14.1. The highest BCUT2D eigenvalue weighted by Crippen LogP contribution is 2.40. The molecule has 4 heteroatoms. The van der Waals surface area contributed by atoms with Gasteiger partial charge in [0.1, 0.15) is 0 Å². The molecule has 0 fully saturated rings. The highest BCUT2D eigenvalue weighted by Gasteiger charge is 2.41. The van der Waals surface area contributed by atoms with E-state index in [1.165, 1.54) is 97.3 Å². The van der Waals surface area contributed by atoms with Crippen LogP contribution in [0.5, 0.6) is 0 Å². The Hall–Kier alpha value is -8.18. The molecule has 3 aromatic heterocycles. The summed E-state index contributed by atoms with van der Waals surface area (Å²) in [4.78, 5) is 0. The van der Waals surface area contributed by atoms with E-state index in [4.69, 9.17) is 0 Å². The average molecular weight is 860 g/mol. The van der Waals surface area contributed by atoms with Crippen LogP contribution in [0.3, 0.4) is 0 Å².